The molecule has 4 nitrogen and oxygen atoms in total. The molecule has 0 spiro atoms. The van der Waals surface area contributed by atoms with E-state index in [0.29, 0.717) is 6.42 Å². The van der Waals surface area contributed by atoms with Gasteiger partial charge in [-0.15, -0.1) is 0 Å². The highest BCUT2D eigenvalue weighted by atomic mass is 16.1. The van der Waals surface area contributed by atoms with Crippen LogP contribution in [0.4, 0.5) is 11.4 Å². The molecule has 4 heteroatoms. The maximum Gasteiger partial charge on any atom is 0.221 e. The quantitative estimate of drug-likeness (QED) is 0.654. The lowest BCUT2D eigenvalue weighted by molar-refractivity contribution is -0.116. The number of hydrogen-bond acceptors (Lipinski definition) is 3. The number of ketones is 1. The highest BCUT2D eigenvalue weighted by molar-refractivity contribution is 5.95. The molecular formula is C16H20N2O2. The van der Waals surface area contributed by atoms with Gasteiger partial charge in [-0.3, -0.25) is 9.59 Å². The van der Waals surface area contributed by atoms with Crippen LogP contribution in [0.25, 0.3) is 0 Å². The zero-order chi connectivity index (χ0) is 14.4. The van der Waals surface area contributed by atoms with Crippen molar-refractivity contribution in [3.05, 3.63) is 36.0 Å². The molecule has 20 heavy (non-hydrogen) atoms. The lowest BCUT2D eigenvalue weighted by atomic mass is 10.1. The summed E-state index contributed by atoms with van der Waals surface area (Å²) in [5.74, 6) is 0.168. The highest BCUT2D eigenvalue weighted by Gasteiger charge is 2.12. The molecule has 0 aliphatic heterocycles. The van der Waals surface area contributed by atoms with Crippen LogP contribution in [0.3, 0.4) is 0 Å². The summed E-state index contributed by atoms with van der Waals surface area (Å²) in [5.41, 5.74) is 2.55. The van der Waals surface area contributed by atoms with Gasteiger partial charge in [-0.2, -0.15) is 0 Å². The number of anilines is 2. The fourth-order valence-electron chi connectivity index (χ4n) is 2.25. The Kier molecular flexibility index (Phi) is 4.93. The lowest BCUT2D eigenvalue weighted by Crippen LogP contribution is -2.05. The van der Waals surface area contributed by atoms with Crippen molar-refractivity contribution in [1.82, 2.24) is 0 Å². The molecule has 0 radical (unpaired) electrons. The van der Waals surface area contributed by atoms with Gasteiger partial charge in [-0.1, -0.05) is 6.42 Å². The summed E-state index contributed by atoms with van der Waals surface area (Å²) in [4.78, 5) is 22.8. The maximum absolute atomic E-state index is 11.9. The van der Waals surface area contributed by atoms with Gasteiger partial charge < -0.3 is 10.6 Å². The number of carbonyl (C=O) groups is 2. The maximum atomic E-state index is 11.9. The zero-order valence-corrected chi connectivity index (χ0v) is 11.7. The number of benzene rings is 1. The van der Waals surface area contributed by atoms with Gasteiger partial charge in [0.25, 0.3) is 0 Å². The third-order valence-electron chi connectivity index (χ3n) is 3.33. The monoisotopic (exact) mass is 272 g/mol. The third-order valence-corrected chi connectivity index (χ3v) is 3.33. The summed E-state index contributed by atoms with van der Waals surface area (Å²) >= 11 is 0. The summed E-state index contributed by atoms with van der Waals surface area (Å²) in [5, 5.41) is 5.87. The molecule has 1 amide bonds. The van der Waals surface area contributed by atoms with Gasteiger partial charge in [-0.05, 0) is 43.5 Å². The van der Waals surface area contributed by atoms with E-state index < -0.39 is 0 Å². The lowest BCUT2D eigenvalue weighted by Gasteiger charge is -2.06. The van der Waals surface area contributed by atoms with E-state index in [1.807, 2.05) is 30.5 Å². The van der Waals surface area contributed by atoms with E-state index in [1.165, 1.54) is 6.92 Å². The molecule has 0 aromatic heterocycles. The Morgan fingerprint density at radius 1 is 1.05 bits per heavy atom. The van der Waals surface area contributed by atoms with Crippen molar-refractivity contribution >= 4 is 23.1 Å². The predicted molar refractivity (Wildman–Crippen MR) is 80.5 cm³/mol. The fraction of sp³-hybridized carbons (Fsp3) is 0.375. The van der Waals surface area contributed by atoms with Crippen molar-refractivity contribution in [1.29, 1.82) is 0 Å². The second-order valence-electron chi connectivity index (χ2n) is 5.06. The molecule has 1 saturated carbocycles. The number of Topliss-reactive ketones (excluding diaryl/α,β-unsaturated/α-hetero) is 1. The largest absolute Gasteiger partial charge is 0.361 e. The first-order chi connectivity index (χ1) is 9.65. The number of amides is 1. The molecule has 1 fully saturated rings. The summed E-state index contributed by atoms with van der Waals surface area (Å²) in [7, 11) is 0. The first-order valence-corrected chi connectivity index (χ1v) is 7.01. The van der Waals surface area contributed by atoms with Crippen LogP contribution in [-0.4, -0.2) is 11.7 Å². The summed E-state index contributed by atoms with van der Waals surface area (Å²) in [6.07, 6.45) is 6.56. The van der Waals surface area contributed by atoms with Gasteiger partial charge in [-0.25, -0.2) is 0 Å². The van der Waals surface area contributed by atoms with Gasteiger partial charge in [0.1, 0.15) is 0 Å². The first kappa shape index (κ1) is 14.3. The summed E-state index contributed by atoms with van der Waals surface area (Å²) in [6.45, 7) is 1.48. The molecule has 0 saturated heterocycles. The van der Waals surface area contributed by atoms with Crippen molar-refractivity contribution in [3.63, 3.8) is 0 Å². The van der Waals surface area contributed by atoms with E-state index in [2.05, 4.69) is 10.6 Å². The topological polar surface area (TPSA) is 58.2 Å². The van der Waals surface area contributed by atoms with Gasteiger partial charge in [0.2, 0.25) is 5.91 Å². The van der Waals surface area contributed by atoms with E-state index in [4.69, 9.17) is 0 Å². The molecule has 1 aromatic rings. The number of carbonyl (C=O) groups excluding carboxylic acids is 2. The number of hydrogen-bond donors (Lipinski definition) is 2. The molecule has 2 rings (SSSR count). The minimum absolute atomic E-state index is 0.0862. The molecule has 106 valence electrons. The molecule has 0 bridgehead atoms. The van der Waals surface area contributed by atoms with Gasteiger partial charge >= 0.3 is 0 Å². The van der Waals surface area contributed by atoms with E-state index in [1.54, 1.807) is 0 Å². The van der Waals surface area contributed by atoms with E-state index in [9.17, 15) is 9.59 Å². The second-order valence-corrected chi connectivity index (χ2v) is 5.06. The Labute approximate surface area is 119 Å². The second kappa shape index (κ2) is 6.89. The number of allylic oxidation sites excluding steroid dienone is 1. The third kappa shape index (κ3) is 4.23. The van der Waals surface area contributed by atoms with Crippen molar-refractivity contribution in [2.45, 2.75) is 39.0 Å². The molecule has 2 N–H and O–H groups in total. The van der Waals surface area contributed by atoms with Crippen LogP contribution >= 0.6 is 0 Å². The molecule has 0 heterocycles. The van der Waals surface area contributed by atoms with Crippen LogP contribution in [0, 0.1) is 0 Å². The molecule has 0 atom stereocenters. The first-order valence-electron chi connectivity index (χ1n) is 7.01. The Hall–Kier alpha value is -2.10. The molecule has 1 aromatic carbocycles. The van der Waals surface area contributed by atoms with Crippen molar-refractivity contribution in [2.24, 2.45) is 0 Å². The van der Waals surface area contributed by atoms with Crippen LogP contribution in [0.15, 0.2) is 36.0 Å². The highest BCUT2D eigenvalue weighted by Crippen LogP contribution is 2.20. The van der Waals surface area contributed by atoms with Crippen LogP contribution in [-0.2, 0) is 9.59 Å². The zero-order valence-electron chi connectivity index (χ0n) is 11.7. The Morgan fingerprint density at radius 3 is 2.40 bits per heavy atom. The van der Waals surface area contributed by atoms with E-state index in [-0.39, 0.29) is 11.7 Å². The Morgan fingerprint density at radius 2 is 1.70 bits per heavy atom. The summed E-state index contributed by atoms with van der Waals surface area (Å²) < 4.78 is 0. The van der Waals surface area contributed by atoms with Gasteiger partial charge in [0, 0.05) is 36.5 Å². The van der Waals surface area contributed by atoms with E-state index in [0.717, 1.165) is 42.6 Å². The van der Waals surface area contributed by atoms with Crippen molar-refractivity contribution in [3.8, 4) is 0 Å². The van der Waals surface area contributed by atoms with Crippen LogP contribution in [0.2, 0.25) is 0 Å². The van der Waals surface area contributed by atoms with Gasteiger partial charge in [0.05, 0.1) is 0 Å². The van der Waals surface area contributed by atoms with Crippen molar-refractivity contribution < 1.29 is 9.59 Å². The average molecular weight is 272 g/mol. The average Bonchev–Trinajstić information content (AvgIpc) is 2.62. The number of nitrogens with one attached hydrogen (secondary N) is 2. The van der Waals surface area contributed by atoms with Crippen molar-refractivity contribution in [2.75, 3.05) is 10.6 Å². The summed E-state index contributed by atoms with van der Waals surface area (Å²) in [6, 6.07) is 7.42. The predicted octanol–water partition coefficient (Wildman–Crippen LogP) is 3.47. The van der Waals surface area contributed by atoms with Crippen LogP contribution in [0.1, 0.15) is 39.0 Å². The standard InChI is InChI=1S/C16H20N2O2/c1-12(19)18-15-9-7-14(8-10-15)17-11-13-5-3-2-4-6-16(13)20/h7-11,17H,2-6H2,1H3,(H,18,19)/b13-11+. The minimum atomic E-state index is -0.0862. The Balaban J connectivity index is 1.98. The normalized spacial score (nSPS) is 17.6. The number of rotatable bonds is 3. The smallest absolute Gasteiger partial charge is 0.221 e. The van der Waals surface area contributed by atoms with Crippen LogP contribution < -0.4 is 10.6 Å². The Bertz CT molecular complexity index is 518. The van der Waals surface area contributed by atoms with Crippen LogP contribution in [0.5, 0.6) is 0 Å². The SMILES string of the molecule is CC(=O)Nc1ccc(N/C=C2\CCCCCC2=O)cc1. The molecule has 1 aliphatic carbocycles. The fourth-order valence-corrected chi connectivity index (χ4v) is 2.25. The molecule has 1 aliphatic rings. The molecular weight excluding hydrogens is 252 g/mol. The van der Waals surface area contributed by atoms with E-state index >= 15 is 0 Å². The molecule has 0 unspecified atom stereocenters. The van der Waals surface area contributed by atoms with Gasteiger partial charge in [0.15, 0.2) is 5.78 Å². The minimum Gasteiger partial charge on any atom is -0.361 e.